The Morgan fingerprint density at radius 2 is 1.62 bits per heavy atom. The largest absolute Gasteiger partial charge is 0.494 e. The van der Waals surface area contributed by atoms with Crippen LogP contribution in [0.1, 0.15) is 22.8 Å². The number of hydrogen-bond acceptors (Lipinski definition) is 4. The minimum atomic E-state index is -4.49. The van der Waals surface area contributed by atoms with Crippen LogP contribution < -0.4 is 10.1 Å². The molecule has 0 spiro atoms. The van der Waals surface area contributed by atoms with Crippen molar-refractivity contribution >= 4 is 17.6 Å². The van der Waals surface area contributed by atoms with Crippen LogP contribution >= 0.6 is 0 Å². The van der Waals surface area contributed by atoms with Crippen LogP contribution in [0.25, 0.3) is 0 Å². The average molecular weight is 367 g/mol. The third-order valence-electron chi connectivity index (χ3n) is 3.23. The number of esters is 1. The van der Waals surface area contributed by atoms with E-state index in [1.54, 1.807) is 24.3 Å². The molecule has 26 heavy (non-hydrogen) atoms. The van der Waals surface area contributed by atoms with Crippen LogP contribution in [0.15, 0.2) is 48.5 Å². The molecular weight excluding hydrogens is 351 g/mol. The van der Waals surface area contributed by atoms with E-state index in [9.17, 15) is 22.8 Å². The van der Waals surface area contributed by atoms with Gasteiger partial charge in [0.05, 0.1) is 17.7 Å². The molecule has 8 heteroatoms. The predicted molar refractivity (Wildman–Crippen MR) is 88.0 cm³/mol. The molecule has 0 unspecified atom stereocenters. The summed E-state index contributed by atoms with van der Waals surface area (Å²) < 4.78 is 47.5. The van der Waals surface area contributed by atoms with Crippen LogP contribution in [-0.2, 0) is 15.7 Å². The number of hydrogen-bond donors (Lipinski definition) is 1. The Labute approximate surface area is 147 Å². The third-order valence-corrected chi connectivity index (χ3v) is 3.23. The Balaban J connectivity index is 1.85. The van der Waals surface area contributed by atoms with Gasteiger partial charge in [0.15, 0.2) is 6.61 Å². The molecule has 1 amide bonds. The van der Waals surface area contributed by atoms with E-state index < -0.39 is 30.2 Å². The molecular formula is C18H16F3NO4. The van der Waals surface area contributed by atoms with Gasteiger partial charge < -0.3 is 14.8 Å². The molecule has 1 N–H and O–H groups in total. The number of anilines is 1. The van der Waals surface area contributed by atoms with Crippen LogP contribution in [-0.4, -0.2) is 25.1 Å². The second kappa shape index (κ2) is 8.37. The van der Waals surface area contributed by atoms with Gasteiger partial charge in [-0.05, 0) is 55.5 Å². The first-order valence-electron chi connectivity index (χ1n) is 7.66. The van der Waals surface area contributed by atoms with Gasteiger partial charge in [0.2, 0.25) is 0 Å². The number of carbonyl (C=O) groups excluding carboxylic acids is 2. The molecule has 0 heterocycles. The molecule has 0 aliphatic carbocycles. The zero-order valence-corrected chi connectivity index (χ0v) is 13.8. The van der Waals surface area contributed by atoms with E-state index in [2.05, 4.69) is 5.32 Å². The van der Waals surface area contributed by atoms with Gasteiger partial charge in [-0.1, -0.05) is 0 Å². The lowest BCUT2D eigenvalue weighted by Gasteiger charge is -2.09. The zero-order valence-electron chi connectivity index (χ0n) is 13.8. The Kier molecular flexibility index (Phi) is 6.21. The van der Waals surface area contributed by atoms with Gasteiger partial charge in [-0.3, -0.25) is 4.79 Å². The molecule has 0 fully saturated rings. The highest BCUT2D eigenvalue weighted by molar-refractivity contribution is 5.95. The summed E-state index contributed by atoms with van der Waals surface area (Å²) in [4.78, 5) is 23.6. The lowest BCUT2D eigenvalue weighted by molar-refractivity contribution is -0.137. The maximum atomic E-state index is 12.5. The molecule has 2 aromatic carbocycles. The topological polar surface area (TPSA) is 64.6 Å². The van der Waals surface area contributed by atoms with Crippen LogP contribution in [0, 0.1) is 0 Å². The van der Waals surface area contributed by atoms with Crippen molar-refractivity contribution < 1.29 is 32.2 Å². The highest BCUT2D eigenvalue weighted by atomic mass is 19.4. The van der Waals surface area contributed by atoms with Gasteiger partial charge in [-0.25, -0.2) is 4.79 Å². The summed E-state index contributed by atoms with van der Waals surface area (Å²) >= 11 is 0. The molecule has 0 aromatic heterocycles. The molecule has 0 radical (unpaired) electrons. The Bertz CT molecular complexity index is 756. The first-order valence-corrected chi connectivity index (χ1v) is 7.66. The zero-order chi connectivity index (χ0) is 19.2. The molecule has 2 aromatic rings. The van der Waals surface area contributed by atoms with E-state index >= 15 is 0 Å². The standard InChI is InChI=1S/C18H16F3NO4/c1-2-25-15-9-7-14(8-10-15)22-16(23)11-26-17(24)12-3-5-13(6-4-12)18(19,20)21/h3-10H,2,11H2,1H3,(H,22,23). The van der Waals surface area contributed by atoms with E-state index in [1.807, 2.05) is 6.92 Å². The monoisotopic (exact) mass is 367 g/mol. The number of rotatable bonds is 6. The van der Waals surface area contributed by atoms with Crippen molar-refractivity contribution in [3.8, 4) is 5.75 Å². The normalized spacial score (nSPS) is 10.9. The van der Waals surface area contributed by atoms with Gasteiger partial charge >= 0.3 is 12.1 Å². The van der Waals surface area contributed by atoms with Gasteiger partial charge in [-0.2, -0.15) is 13.2 Å². The van der Waals surface area contributed by atoms with Crippen molar-refractivity contribution in [3.63, 3.8) is 0 Å². The van der Waals surface area contributed by atoms with Crippen molar-refractivity contribution in [2.75, 3.05) is 18.5 Å². The first kappa shape index (κ1) is 19.3. The van der Waals surface area contributed by atoms with Gasteiger partial charge in [0.1, 0.15) is 5.75 Å². The number of carbonyl (C=O) groups is 2. The van der Waals surface area contributed by atoms with E-state index in [1.165, 1.54) is 0 Å². The first-order chi connectivity index (χ1) is 12.3. The van der Waals surface area contributed by atoms with Crippen molar-refractivity contribution in [1.29, 1.82) is 0 Å². The third kappa shape index (κ3) is 5.51. The number of halogens is 3. The highest BCUT2D eigenvalue weighted by Crippen LogP contribution is 2.29. The van der Waals surface area contributed by atoms with E-state index in [0.29, 0.717) is 18.0 Å². The van der Waals surface area contributed by atoms with Crippen molar-refractivity contribution in [2.24, 2.45) is 0 Å². The fraction of sp³-hybridized carbons (Fsp3) is 0.222. The number of benzene rings is 2. The Hall–Kier alpha value is -3.03. The van der Waals surface area contributed by atoms with E-state index in [4.69, 9.17) is 9.47 Å². The second-order valence-corrected chi connectivity index (χ2v) is 5.16. The summed E-state index contributed by atoms with van der Waals surface area (Å²) in [6.45, 7) is 1.80. The van der Waals surface area contributed by atoms with E-state index in [0.717, 1.165) is 24.3 Å². The molecule has 0 aliphatic rings. The smallest absolute Gasteiger partial charge is 0.416 e. The average Bonchev–Trinajstić information content (AvgIpc) is 2.61. The van der Waals surface area contributed by atoms with E-state index in [-0.39, 0.29) is 5.56 Å². The maximum absolute atomic E-state index is 12.5. The number of alkyl halides is 3. The molecule has 5 nitrogen and oxygen atoms in total. The minimum absolute atomic E-state index is 0.0770. The second-order valence-electron chi connectivity index (χ2n) is 5.16. The number of amides is 1. The summed E-state index contributed by atoms with van der Waals surface area (Å²) in [5.41, 5.74) is -0.460. The van der Waals surface area contributed by atoms with Gasteiger partial charge in [0.25, 0.3) is 5.91 Å². The summed E-state index contributed by atoms with van der Waals surface area (Å²) in [6, 6.07) is 10.1. The molecule has 0 aliphatic heterocycles. The maximum Gasteiger partial charge on any atom is 0.416 e. The van der Waals surface area contributed by atoms with Gasteiger partial charge in [0, 0.05) is 5.69 Å². The minimum Gasteiger partial charge on any atom is -0.494 e. The van der Waals surface area contributed by atoms with Crippen LogP contribution in [0.4, 0.5) is 18.9 Å². The Morgan fingerprint density at radius 1 is 1.00 bits per heavy atom. The lowest BCUT2D eigenvalue weighted by Crippen LogP contribution is -2.21. The van der Waals surface area contributed by atoms with Crippen molar-refractivity contribution in [3.05, 3.63) is 59.7 Å². The summed E-state index contributed by atoms with van der Waals surface area (Å²) in [6.07, 6.45) is -4.49. The molecule has 138 valence electrons. The fourth-order valence-corrected chi connectivity index (χ4v) is 2.01. The molecule has 0 saturated carbocycles. The van der Waals surface area contributed by atoms with Gasteiger partial charge in [-0.15, -0.1) is 0 Å². The summed E-state index contributed by atoms with van der Waals surface area (Å²) in [5.74, 6) is -0.811. The summed E-state index contributed by atoms with van der Waals surface area (Å²) in [5, 5.41) is 2.53. The van der Waals surface area contributed by atoms with Crippen molar-refractivity contribution in [2.45, 2.75) is 13.1 Å². The molecule has 0 atom stereocenters. The highest BCUT2D eigenvalue weighted by Gasteiger charge is 2.30. The fourth-order valence-electron chi connectivity index (χ4n) is 2.01. The quantitative estimate of drug-likeness (QED) is 0.787. The molecule has 0 saturated heterocycles. The van der Waals surface area contributed by atoms with Crippen LogP contribution in [0.3, 0.4) is 0 Å². The van der Waals surface area contributed by atoms with Crippen molar-refractivity contribution in [1.82, 2.24) is 0 Å². The number of ether oxygens (including phenoxy) is 2. The number of nitrogens with one attached hydrogen (secondary N) is 1. The molecule has 2 rings (SSSR count). The summed E-state index contributed by atoms with van der Waals surface area (Å²) in [7, 11) is 0. The SMILES string of the molecule is CCOc1ccc(NC(=O)COC(=O)c2ccc(C(F)(F)F)cc2)cc1. The lowest BCUT2D eigenvalue weighted by atomic mass is 10.1. The van der Waals surface area contributed by atoms with Crippen LogP contribution in [0.5, 0.6) is 5.75 Å². The molecule has 0 bridgehead atoms. The van der Waals surface area contributed by atoms with Crippen LogP contribution in [0.2, 0.25) is 0 Å². The Morgan fingerprint density at radius 3 is 2.15 bits per heavy atom. The predicted octanol–water partition coefficient (Wildman–Crippen LogP) is 3.90.